The van der Waals surface area contributed by atoms with Crippen LogP contribution in [-0.2, 0) is 16.0 Å². The third-order valence-corrected chi connectivity index (χ3v) is 5.25. The summed E-state index contributed by atoms with van der Waals surface area (Å²) in [6.07, 6.45) is 1.00. The third-order valence-electron chi connectivity index (χ3n) is 5.25. The number of rotatable bonds is 4. The van der Waals surface area contributed by atoms with Crippen LogP contribution in [0, 0.1) is 11.8 Å². The normalized spacial score (nSPS) is 12.8. The number of amides is 2. The number of ether oxygens (including phenoxy) is 2. The van der Waals surface area contributed by atoms with Crippen molar-refractivity contribution < 1.29 is 19.1 Å². The van der Waals surface area contributed by atoms with E-state index in [-0.39, 0.29) is 11.7 Å². The Hall–Kier alpha value is -4.16. The van der Waals surface area contributed by atoms with Gasteiger partial charge in [-0.05, 0) is 37.6 Å². The van der Waals surface area contributed by atoms with Crippen molar-refractivity contribution in [2.24, 2.45) is 5.73 Å². The zero-order chi connectivity index (χ0) is 25.4. The van der Waals surface area contributed by atoms with Crippen molar-refractivity contribution in [3.63, 3.8) is 0 Å². The van der Waals surface area contributed by atoms with Gasteiger partial charge < -0.3 is 20.1 Å². The quantitative estimate of drug-likeness (QED) is 0.559. The molecule has 0 fully saturated rings. The summed E-state index contributed by atoms with van der Waals surface area (Å²) >= 11 is 0. The third kappa shape index (κ3) is 7.16. The average Bonchev–Trinajstić information content (AvgIpc) is 3.27. The fourth-order valence-electron chi connectivity index (χ4n) is 3.08. The Balaban J connectivity index is 0.000000203. The van der Waals surface area contributed by atoms with Crippen LogP contribution in [0.3, 0.4) is 0 Å². The molecule has 9 heteroatoms. The van der Waals surface area contributed by atoms with E-state index in [4.69, 9.17) is 15.2 Å². The number of carbonyl (C=O) groups excluding carboxylic acids is 2. The van der Waals surface area contributed by atoms with Gasteiger partial charge >= 0.3 is 0 Å². The Bertz CT molecular complexity index is 1240. The maximum absolute atomic E-state index is 11.8. The van der Waals surface area contributed by atoms with Crippen LogP contribution in [0.25, 0.3) is 0 Å². The number of nitrogens with one attached hydrogen (secondary N) is 1. The molecule has 3 aromatic rings. The molecule has 0 saturated carbocycles. The Morgan fingerprint density at radius 1 is 1.26 bits per heavy atom. The molecule has 0 saturated heterocycles. The van der Waals surface area contributed by atoms with Crippen molar-refractivity contribution >= 4 is 17.5 Å². The van der Waals surface area contributed by atoms with Gasteiger partial charge in [0.25, 0.3) is 5.91 Å². The average molecular weight is 476 g/mol. The van der Waals surface area contributed by atoms with Gasteiger partial charge in [0, 0.05) is 26.1 Å². The van der Waals surface area contributed by atoms with Crippen molar-refractivity contribution in [3.8, 4) is 17.6 Å². The minimum absolute atomic E-state index is 0.0286. The summed E-state index contributed by atoms with van der Waals surface area (Å²) in [4.78, 5) is 28.2. The Kier molecular flexibility index (Phi) is 8.23. The van der Waals surface area contributed by atoms with E-state index in [2.05, 4.69) is 27.0 Å². The first-order chi connectivity index (χ1) is 16.7. The number of H-pyrrole nitrogens is 1. The molecule has 35 heavy (non-hydrogen) atoms. The first kappa shape index (κ1) is 25.5. The number of aromatic nitrogens is 3. The van der Waals surface area contributed by atoms with Crippen molar-refractivity contribution in [2.45, 2.75) is 32.3 Å². The molecular weight excluding hydrogens is 446 g/mol. The second-order valence-corrected chi connectivity index (χ2v) is 8.33. The number of nitrogens with zero attached hydrogens (tertiary/aromatic N) is 3. The van der Waals surface area contributed by atoms with Crippen LogP contribution in [-0.4, -0.2) is 53.4 Å². The summed E-state index contributed by atoms with van der Waals surface area (Å²) in [5, 5.41) is 6.37. The number of methoxy groups -OCH3 is 1. The summed E-state index contributed by atoms with van der Waals surface area (Å²) in [5.41, 5.74) is 7.23. The molecule has 0 radical (unpaired) electrons. The van der Waals surface area contributed by atoms with Crippen LogP contribution in [0.1, 0.15) is 47.8 Å². The maximum Gasteiger partial charge on any atom is 0.288 e. The molecule has 2 amide bonds. The molecule has 3 N–H and O–H groups in total. The van der Waals surface area contributed by atoms with Crippen LogP contribution in [0.4, 0.5) is 5.69 Å². The Morgan fingerprint density at radius 2 is 2.00 bits per heavy atom. The van der Waals surface area contributed by atoms with E-state index < -0.39 is 11.5 Å². The molecular formula is C26H29N5O4. The highest BCUT2D eigenvalue weighted by Gasteiger charge is 2.20. The van der Waals surface area contributed by atoms with Gasteiger partial charge in [-0.1, -0.05) is 42.2 Å². The van der Waals surface area contributed by atoms with Crippen molar-refractivity contribution in [1.82, 2.24) is 15.2 Å². The molecule has 1 aromatic heterocycles. The lowest BCUT2D eigenvalue weighted by molar-refractivity contribution is -0.118. The number of fused-ring (bicyclic) bond motifs is 1. The number of anilines is 1. The first-order valence-electron chi connectivity index (χ1n) is 11.1. The standard InChI is InChI=1S/C16H19NO3.C10H10N4O/c1-16(2,19-4)9-7-12-5-6-14-13(11-12)17(3)15(18)8-10-20-14;11-9(15)10-12-8(13-14-10)6-7-4-2-1-3-5-7/h5-6,11H,8,10H2,1-4H3;1-5H,6H2,(H2,11,15)(H,12,13,14). The highest BCUT2D eigenvalue weighted by atomic mass is 16.5. The van der Waals surface area contributed by atoms with E-state index in [1.807, 2.05) is 62.4 Å². The van der Waals surface area contributed by atoms with Gasteiger partial charge in [0.15, 0.2) is 0 Å². The summed E-state index contributed by atoms with van der Waals surface area (Å²) < 4.78 is 10.8. The van der Waals surface area contributed by atoms with Gasteiger partial charge in [-0.3, -0.25) is 14.7 Å². The Labute approximate surface area is 204 Å². The van der Waals surface area contributed by atoms with E-state index in [1.54, 1.807) is 19.1 Å². The van der Waals surface area contributed by atoms with E-state index in [1.165, 1.54) is 0 Å². The van der Waals surface area contributed by atoms with Gasteiger partial charge in [-0.15, -0.1) is 5.10 Å². The predicted molar refractivity (Wildman–Crippen MR) is 132 cm³/mol. The van der Waals surface area contributed by atoms with Crippen LogP contribution in [0.5, 0.6) is 5.75 Å². The molecule has 1 aliphatic rings. The second-order valence-electron chi connectivity index (χ2n) is 8.33. The molecule has 9 nitrogen and oxygen atoms in total. The van der Waals surface area contributed by atoms with E-state index in [0.29, 0.717) is 25.3 Å². The van der Waals surface area contributed by atoms with Gasteiger partial charge in [0.05, 0.1) is 18.7 Å². The molecule has 0 unspecified atom stereocenters. The highest BCUT2D eigenvalue weighted by molar-refractivity contribution is 5.95. The number of benzene rings is 2. The molecule has 1 aliphatic heterocycles. The van der Waals surface area contributed by atoms with Crippen molar-refractivity contribution in [3.05, 3.63) is 71.3 Å². The van der Waals surface area contributed by atoms with E-state index >= 15 is 0 Å². The number of primary amides is 1. The molecule has 4 rings (SSSR count). The largest absolute Gasteiger partial charge is 0.491 e. The predicted octanol–water partition coefficient (Wildman–Crippen LogP) is 2.70. The van der Waals surface area contributed by atoms with Crippen LogP contribution >= 0.6 is 0 Å². The molecule has 182 valence electrons. The molecule has 0 atom stereocenters. The molecule has 0 spiro atoms. The number of nitrogens with two attached hydrogens (primary N) is 1. The summed E-state index contributed by atoms with van der Waals surface area (Å²) in [6.45, 7) is 4.22. The zero-order valence-corrected chi connectivity index (χ0v) is 20.3. The first-order valence-corrected chi connectivity index (χ1v) is 11.1. The summed E-state index contributed by atoms with van der Waals surface area (Å²) in [6, 6.07) is 15.4. The van der Waals surface area contributed by atoms with Gasteiger partial charge in [-0.2, -0.15) is 0 Å². The number of carbonyl (C=O) groups is 2. The van der Waals surface area contributed by atoms with E-state index in [0.717, 1.165) is 22.6 Å². The van der Waals surface area contributed by atoms with Crippen LogP contribution in [0.15, 0.2) is 48.5 Å². The Morgan fingerprint density at radius 3 is 2.66 bits per heavy atom. The SMILES string of the molecule is COC(C)(C)C#Cc1ccc2c(c1)N(C)C(=O)CCO2.NC(=O)c1n[nH]c(Cc2ccccc2)n1. The monoisotopic (exact) mass is 475 g/mol. The summed E-state index contributed by atoms with van der Waals surface area (Å²) in [7, 11) is 3.39. The van der Waals surface area contributed by atoms with Gasteiger partial charge in [0.2, 0.25) is 11.7 Å². The minimum Gasteiger partial charge on any atom is -0.491 e. The summed E-state index contributed by atoms with van der Waals surface area (Å²) in [5.74, 6) is 6.94. The zero-order valence-electron chi connectivity index (χ0n) is 20.3. The number of aromatic amines is 1. The molecule has 0 aliphatic carbocycles. The maximum atomic E-state index is 11.8. The van der Waals surface area contributed by atoms with E-state index in [9.17, 15) is 9.59 Å². The topological polar surface area (TPSA) is 123 Å². The second kappa shape index (κ2) is 11.3. The molecule has 2 heterocycles. The lowest BCUT2D eigenvalue weighted by Gasteiger charge is -2.17. The minimum atomic E-state index is -0.620. The lowest BCUT2D eigenvalue weighted by Crippen LogP contribution is -2.25. The van der Waals surface area contributed by atoms with Crippen molar-refractivity contribution in [2.75, 3.05) is 25.7 Å². The van der Waals surface area contributed by atoms with Crippen LogP contribution in [0.2, 0.25) is 0 Å². The molecule has 2 aromatic carbocycles. The van der Waals surface area contributed by atoms with Gasteiger partial charge in [-0.25, -0.2) is 4.98 Å². The highest BCUT2D eigenvalue weighted by Crippen LogP contribution is 2.31. The number of hydrogen-bond acceptors (Lipinski definition) is 6. The van der Waals surface area contributed by atoms with Crippen molar-refractivity contribution in [1.29, 1.82) is 0 Å². The fraction of sp³-hybridized carbons (Fsp3) is 0.308. The lowest BCUT2D eigenvalue weighted by atomic mass is 10.1. The van der Waals surface area contributed by atoms with Gasteiger partial charge in [0.1, 0.15) is 17.2 Å². The van der Waals surface area contributed by atoms with Crippen LogP contribution < -0.4 is 15.4 Å². The molecule has 0 bridgehead atoms. The fourth-order valence-corrected chi connectivity index (χ4v) is 3.08. The number of hydrogen-bond donors (Lipinski definition) is 2. The smallest absolute Gasteiger partial charge is 0.288 e.